The Morgan fingerprint density at radius 3 is 2.51 bits per heavy atom. The highest BCUT2D eigenvalue weighted by Crippen LogP contribution is 2.26. The van der Waals surface area contributed by atoms with Gasteiger partial charge in [0.2, 0.25) is 5.91 Å². The third-order valence-electron chi connectivity index (χ3n) is 6.45. The number of halogens is 2. The van der Waals surface area contributed by atoms with Crippen molar-refractivity contribution >= 4 is 17.6 Å². The van der Waals surface area contributed by atoms with Gasteiger partial charge in [0, 0.05) is 33.0 Å². The molecule has 2 N–H and O–H groups in total. The smallest absolute Gasteiger partial charge is 0.394 e. The van der Waals surface area contributed by atoms with Gasteiger partial charge in [0.15, 0.2) is 11.5 Å². The van der Waals surface area contributed by atoms with E-state index in [1.807, 2.05) is 0 Å². The highest BCUT2D eigenvalue weighted by atomic mass is 19.3. The third kappa shape index (κ3) is 9.41. The van der Waals surface area contributed by atoms with Crippen molar-refractivity contribution in [3.05, 3.63) is 47.9 Å². The van der Waals surface area contributed by atoms with Crippen molar-refractivity contribution < 1.29 is 23.1 Å². The molecule has 2 aromatic heterocycles. The molecular formula is C26H34F2N8O3. The summed E-state index contributed by atoms with van der Waals surface area (Å²) >= 11 is 0. The zero-order valence-electron chi connectivity index (χ0n) is 22.0. The molecule has 0 spiro atoms. The first-order valence-corrected chi connectivity index (χ1v) is 13.3. The summed E-state index contributed by atoms with van der Waals surface area (Å²) in [6.45, 7) is 1.97. The number of aromatic nitrogens is 6. The lowest BCUT2D eigenvalue weighted by atomic mass is 9.87. The standard InChI is InChI=1S/C26H34F2N8O3/c1-26(27,28)39-21-11-7-10-20(14-21)16-29-25(38)22-17-35(33-31-22)12-5-6-13-36-18-23(32-34-36)30-24(37)15-19-8-3-2-4-9-19/h7,10-11,14,17-19H,2-6,8-9,12-13,15-16H2,1H3,(H,29,38)(H,30,37). The molecular weight excluding hydrogens is 510 g/mol. The summed E-state index contributed by atoms with van der Waals surface area (Å²) in [5.74, 6) is 0.512. The van der Waals surface area contributed by atoms with Gasteiger partial charge < -0.3 is 15.4 Å². The monoisotopic (exact) mass is 544 g/mol. The fourth-order valence-electron chi connectivity index (χ4n) is 4.57. The van der Waals surface area contributed by atoms with E-state index in [1.54, 1.807) is 33.9 Å². The summed E-state index contributed by atoms with van der Waals surface area (Å²) in [4.78, 5) is 24.7. The largest absolute Gasteiger partial charge is 0.433 e. The van der Waals surface area contributed by atoms with Crippen LogP contribution in [0, 0.1) is 5.92 Å². The van der Waals surface area contributed by atoms with E-state index >= 15 is 0 Å². The van der Waals surface area contributed by atoms with Crippen molar-refractivity contribution in [1.29, 1.82) is 0 Å². The Labute approximate surface area is 225 Å². The van der Waals surface area contributed by atoms with Crippen LogP contribution in [-0.2, 0) is 24.4 Å². The highest BCUT2D eigenvalue weighted by molar-refractivity contribution is 5.91. The molecule has 1 fully saturated rings. The lowest BCUT2D eigenvalue weighted by Gasteiger charge is -2.20. The average Bonchev–Trinajstić information content (AvgIpc) is 3.55. The van der Waals surface area contributed by atoms with Crippen LogP contribution in [0.1, 0.15) is 74.3 Å². The van der Waals surface area contributed by atoms with E-state index < -0.39 is 12.0 Å². The van der Waals surface area contributed by atoms with E-state index in [0.717, 1.165) is 25.7 Å². The molecule has 0 aliphatic heterocycles. The second-order valence-electron chi connectivity index (χ2n) is 9.94. The summed E-state index contributed by atoms with van der Waals surface area (Å²) in [6.07, 6.45) is 7.99. The van der Waals surface area contributed by atoms with Crippen molar-refractivity contribution in [2.24, 2.45) is 5.92 Å². The molecule has 0 unspecified atom stereocenters. The Morgan fingerprint density at radius 2 is 1.77 bits per heavy atom. The lowest BCUT2D eigenvalue weighted by molar-refractivity contribution is -0.159. The summed E-state index contributed by atoms with van der Waals surface area (Å²) in [6, 6.07) is 6.14. The van der Waals surface area contributed by atoms with E-state index in [9.17, 15) is 18.4 Å². The zero-order chi connectivity index (χ0) is 27.7. The molecule has 2 amide bonds. The van der Waals surface area contributed by atoms with E-state index in [4.69, 9.17) is 0 Å². The number of unbranched alkanes of at least 4 members (excludes halogenated alkanes) is 1. The summed E-state index contributed by atoms with van der Waals surface area (Å²) in [7, 11) is 0. The van der Waals surface area contributed by atoms with Gasteiger partial charge in [-0.05, 0) is 49.3 Å². The summed E-state index contributed by atoms with van der Waals surface area (Å²) in [5, 5.41) is 21.6. The number of anilines is 1. The molecule has 3 aromatic rings. The maximum Gasteiger partial charge on any atom is 0.394 e. The number of ether oxygens (including phenoxy) is 1. The molecule has 13 heteroatoms. The molecule has 1 saturated carbocycles. The normalized spacial score (nSPS) is 14.2. The SMILES string of the molecule is CC(F)(F)Oc1cccc(CNC(=O)c2cn(CCCCn3cc(NC(=O)CC4CCCCC4)nn3)nn2)c1. The Hall–Kier alpha value is -3.90. The van der Waals surface area contributed by atoms with Crippen molar-refractivity contribution in [3.8, 4) is 5.75 Å². The Kier molecular flexibility index (Phi) is 9.55. The van der Waals surface area contributed by atoms with Crippen LogP contribution in [-0.4, -0.2) is 47.9 Å². The molecule has 1 aliphatic rings. The first-order chi connectivity index (χ1) is 18.7. The van der Waals surface area contributed by atoms with Crippen LogP contribution in [0.4, 0.5) is 14.6 Å². The van der Waals surface area contributed by atoms with Crippen LogP contribution in [0.5, 0.6) is 5.75 Å². The number of benzene rings is 1. The molecule has 0 atom stereocenters. The topological polar surface area (TPSA) is 129 Å². The number of hydrogen-bond donors (Lipinski definition) is 2. The molecule has 1 aromatic carbocycles. The fraction of sp³-hybridized carbons (Fsp3) is 0.538. The maximum absolute atomic E-state index is 13.1. The molecule has 4 rings (SSSR count). The molecule has 0 saturated heterocycles. The first kappa shape index (κ1) is 28.1. The number of hydrogen-bond acceptors (Lipinski definition) is 7. The van der Waals surface area contributed by atoms with E-state index in [-0.39, 0.29) is 23.9 Å². The predicted molar refractivity (Wildman–Crippen MR) is 138 cm³/mol. The maximum atomic E-state index is 13.1. The van der Waals surface area contributed by atoms with Gasteiger partial charge in [0.25, 0.3) is 5.91 Å². The molecule has 0 bridgehead atoms. The van der Waals surface area contributed by atoms with Crippen molar-refractivity contribution in [2.75, 3.05) is 5.32 Å². The van der Waals surface area contributed by atoms with Gasteiger partial charge in [0.1, 0.15) is 5.75 Å². The number of carbonyl (C=O) groups excluding carboxylic acids is 2. The minimum absolute atomic E-state index is 0.0105. The fourth-order valence-corrected chi connectivity index (χ4v) is 4.57. The van der Waals surface area contributed by atoms with Crippen molar-refractivity contribution in [2.45, 2.75) is 84.0 Å². The Balaban J connectivity index is 1.14. The van der Waals surface area contributed by atoms with E-state index in [2.05, 4.69) is 36.0 Å². The van der Waals surface area contributed by atoms with E-state index in [1.165, 1.54) is 31.4 Å². The number of carbonyl (C=O) groups is 2. The number of nitrogens with zero attached hydrogens (tertiary/aromatic N) is 6. The number of nitrogens with one attached hydrogen (secondary N) is 2. The van der Waals surface area contributed by atoms with Gasteiger partial charge in [-0.1, -0.05) is 41.8 Å². The Morgan fingerprint density at radius 1 is 1.05 bits per heavy atom. The first-order valence-electron chi connectivity index (χ1n) is 13.3. The van der Waals surface area contributed by atoms with Gasteiger partial charge in [-0.25, -0.2) is 0 Å². The minimum Gasteiger partial charge on any atom is -0.433 e. The number of rotatable bonds is 13. The van der Waals surface area contributed by atoms with E-state index in [0.29, 0.717) is 43.7 Å². The van der Waals surface area contributed by atoms with Crippen LogP contribution >= 0.6 is 0 Å². The molecule has 2 heterocycles. The van der Waals surface area contributed by atoms with Crippen LogP contribution < -0.4 is 15.4 Å². The third-order valence-corrected chi connectivity index (χ3v) is 6.45. The summed E-state index contributed by atoms with van der Waals surface area (Å²) < 4.78 is 33.9. The summed E-state index contributed by atoms with van der Waals surface area (Å²) in [5.41, 5.74) is 0.768. The molecule has 210 valence electrons. The lowest BCUT2D eigenvalue weighted by Crippen LogP contribution is -2.23. The molecule has 39 heavy (non-hydrogen) atoms. The Bertz CT molecular complexity index is 1230. The van der Waals surface area contributed by atoms with Gasteiger partial charge >= 0.3 is 6.11 Å². The minimum atomic E-state index is -3.29. The highest BCUT2D eigenvalue weighted by Gasteiger charge is 2.23. The van der Waals surface area contributed by atoms with Crippen LogP contribution in [0.3, 0.4) is 0 Å². The van der Waals surface area contributed by atoms with Crippen molar-refractivity contribution in [3.63, 3.8) is 0 Å². The quantitative estimate of drug-likeness (QED) is 0.309. The second kappa shape index (κ2) is 13.3. The van der Waals surface area contributed by atoms with Gasteiger partial charge in [-0.2, -0.15) is 8.78 Å². The second-order valence-corrected chi connectivity index (χ2v) is 9.94. The molecule has 0 radical (unpaired) electrons. The molecule has 1 aliphatic carbocycles. The van der Waals surface area contributed by atoms with Crippen LogP contribution in [0.15, 0.2) is 36.7 Å². The van der Waals surface area contributed by atoms with Gasteiger partial charge in [-0.3, -0.25) is 19.0 Å². The van der Waals surface area contributed by atoms with Gasteiger partial charge in [-0.15, -0.1) is 10.2 Å². The van der Waals surface area contributed by atoms with Gasteiger partial charge in [0.05, 0.1) is 12.4 Å². The zero-order valence-corrected chi connectivity index (χ0v) is 22.0. The van der Waals surface area contributed by atoms with Crippen molar-refractivity contribution in [1.82, 2.24) is 35.3 Å². The molecule has 11 nitrogen and oxygen atoms in total. The number of amides is 2. The number of alkyl halides is 2. The van der Waals surface area contributed by atoms with Crippen LogP contribution in [0.2, 0.25) is 0 Å². The average molecular weight is 545 g/mol. The van der Waals surface area contributed by atoms with Crippen LogP contribution in [0.25, 0.3) is 0 Å². The predicted octanol–water partition coefficient (Wildman–Crippen LogP) is 4.18. The number of aryl methyl sites for hydroxylation is 2.